The maximum Gasteiger partial charge on any atom is 0.417 e. The summed E-state index contributed by atoms with van der Waals surface area (Å²) in [6.45, 7) is 5.63. The molecule has 1 rings (SSSR count). The van der Waals surface area contributed by atoms with Crippen molar-refractivity contribution in [3.8, 4) is 5.88 Å². The van der Waals surface area contributed by atoms with Crippen LogP contribution in [0.2, 0.25) is 5.02 Å². The number of amides is 1. The number of rotatable bonds is 5. The minimum atomic E-state index is -4.52. The number of carbonyl (C=O) groups excluding carboxylic acids is 1. The van der Waals surface area contributed by atoms with Crippen LogP contribution >= 0.6 is 11.6 Å². The number of pyridine rings is 1. The molecule has 1 heterocycles. The van der Waals surface area contributed by atoms with Gasteiger partial charge >= 0.3 is 6.18 Å². The van der Waals surface area contributed by atoms with Crippen LogP contribution in [0.1, 0.15) is 26.3 Å². The number of halogens is 4. The highest BCUT2D eigenvalue weighted by atomic mass is 35.5. The first kappa shape index (κ1) is 19.5. The molecule has 0 saturated heterocycles. The first-order valence-electron chi connectivity index (χ1n) is 6.81. The molecule has 0 aliphatic rings. The van der Waals surface area contributed by atoms with Crippen molar-refractivity contribution in [2.45, 2.75) is 33.0 Å². The van der Waals surface area contributed by atoms with Crippen LogP contribution in [0.3, 0.4) is 0 Å². The van der Waals surface area contributed by atoms with Crippen molar-refractivity contribution in [1.82, 2.24) is 10.3 Å². The third-order valence-electron chi connectivity index (χ3n) is 2.99. The van der Waals surface area contributed by atoms with Crippen molar-refractivity contribution in [3.05, 3.63) is 22.8 Å². The summed E-state index contributed by atoms with van der Waals surface area (Å²) in [5.74, 6) is -0.471. The molecule has 1 amide bonds. The molecule has 1 aromatic heterocycles. The molecule has 3 N–H and O–H groups in total. The summed E-state index contributed by atoms with van der Waals surface area (Å²) in [6, 6.07) is 0.0492. The second-order valence-electron chi connectivity index (χ2n) is 5.99. The van der Waals surface area contributed by atoms with Gasteiger partial charge < -0.3 is 15.8 Å². The number of hydrogen-bond donors (Lipinski definition) is 2. The van der Waals surface area contributed by atoms with E-state index in [0.29, 0.717) is 6.20 Å². The summed E-state index contributed by atoms with van der Waals surface area (Å²) >= 11 is 5.69. The molecule has 5 nitrogen and oxygen atoms in total. The van der Waals surface area contributed by atoms with E-state index in [1.807, 2.05) is 20.8 Å². The Morgan fingerprint density at radius 1 is 1.43 bits per heavy atom. The Bertz CT molecular complexity index is 559. The number of aromatic nitrogens is 1. The van der Waals surface area contributed by atoms with Crippen LogP contribution in [0.25, 0.3) is 0 Å². The molecule has 0 saturated carbocycles. The molecule has 1 aromatic rings. The zero-order valence-electron chi connectivity index (χ0n) is 13.0. The highest BCUT2D eigenvalue weighted by Gasteiger charge is 2.31. The van der Waals surface area contributed by atoms with Gasteiger partial charge in [-0.05, 0) is 11.5 Å². The van der Waals surface area contributed by atoms with Crippen LogP contribution in [0.4, 0.5) is 13.2 Å². The molecule has 130 valence electrons. The van der Waals surface area contributed by atoms with Gasteiger partial charge in [0.15, 0.2) is 0 Å². The third-order valence-corrected chi connectivity index (χ3v) is 3.26. The lowest BCUT2D eigenvalue weighted by Crippen LogP contribution is -2.49. The lowest BCUT2D eigenvalue weighted by atomic mass is 9.87. The van der Waals surface area contributed by atoms with E-state index in [1.54, 1.807) is 0 Å². The fraction of sp³-hybridized carbons (Fsp3) is 0.571. The zero-order chi connectivity index (χ0) is 17.8. The predicted molar refractivity (Wildman–Crippen MR) is 80.2 cm³/mol. The molecular formula is C14H19ClF3N3O2. The van der Waals surface area contributed by atoms with E-state index in [2.05, 4.69) is 10.3 Å². The third kappa shape index (κ3) is 5.87. The first-order valence-corrected chi connectivity index (χ1v) is 7.19. The molecule has 0 bridgehead atoms. The molecule has 0 spiro atoms. The zero-order valence-corrected chi connectivity index (χ0v) is 13.8. The van der Waals surface area contributed by atoms with E-state index in [1.165, 1.54) is 0 Å². The van der Waals surface area contributed by atoms with Crippen LogP contribution in [0.15, 0.2) is 12.3 Å². The van der Waals surface area contributed by atoms with Crippen molar-refractivity contribution in [1.29, 1.82) is 0 Å². The molecule has 1 atom stereocenters. The van der Waals surface area contributed by atoms with Crippen molar-refractivity contribution in [3.63, 3.8) is 0 Å². The number of nitrogens with one attached hydrogen (secondary N) is 1. The van der Waals surface area contributed by atoms with Crippen LogP contribution in [0.5, 0.6) is 5.88 Å². The van der Waals surface area contributed by atoms with E-state index in [-0.39, 0.29) is 35.4 Å². The number of hydrogen-bond acceptors (Lipinski definition) is 4. The second kappa shape index (κ2) is 7.35. The SMILES string of the molecule is CC(C)(C)[C@H](N)C(=O)NCCOc1ncc(C(F)(F)F)cc1Cl. The van der Waals surface area contributed by atoms with Gasteiger partial charge in [-0.1, -0.05) is 32.4 Å². The monoisotopic (exact) mass is 353 g/mol. The van der Waals surface area contributed by atoms with Gasteiger partial charge in [-0.25, -0.2) is 4.98 Å². The van der Waals surface area contributed by atoms with E-state index >= 15 is 0 Å². The standard InChI is InChI=1S/C14H19ClF3N3O2/c1-13(2,3)10(19)11(22)20-4-5-23-12-9(15)6-8(7-21-12)14(16,17)18/h6-7,10H,4-5,19H2,1-3H3,(H,20,22)/t10-/m1/s1. The van der Waals surface area contributed by atoms with Gasteiger partial charge in [0, 0.05) is 6.20 Å². The molecule has 0 radical (unpaired) electrons. The predicted octanol–water partition coefficient (Wildman–Crippen LogP) is 2.62. The lowest BCUT2D eigenvalue weighted by molar-refractivity contribution is -0.137. The largest absolute Gasteiger partial charge is 0.475 e. The van der Waals surface area contributed by atoms with E-state index in [4.69, 9.17) is 22.1 Å². The topological polar surface area (TPSA) is 77.2 Å². The number of ether oxygens (including phenoxy) is 1. The number of carbonyl (C=O) groups is 1. The molecular weight excluding hydrogens is 335 g/mol. The minimum absolute atomic E-state index is 0.000682. The van der Waals surface area contributed by atoms with E-state index in [0.717, 1.165) is 6.07 Å². The van der Waals surface area contributed by atoms with Crippen molar-refractivity contribution in [2.75, 3.05) is 13.2 Å². The maximum atomic E-state index is 12.5. The van der Waals surface area contributed by atoms with Gasteiger partial charge in [0.05, 0.1) is 18.2 Å². The smallest absolute Gasteiger partial charge is 0.417 e. The quantitative estimate of drug-likeness (QED) is 0.798. The molecule has 0 fully saturated rings. The second-order valence-corrected chi connectivity index (χ2v) is 6.40. The van der Waals surface area contributed by atoms with Crippen molar-refractivity contribution >= 4 is 17.5 Å². The fourth-order valence-corrected chi connectivity index (χ4v) is 1.73. The van der Waals surface area contributed by atoms with Gasteiger partial charge in [0.25, 0.3) is 0 Å². The number of alkyl halides is 3. The van der Waals surface area contributed by atoms with Gasteiger partial charge in [0.1, 0.15) is 11.6 Å². The Hall–Kier alpha value is -1.54. The summed E-state index contributed by atoms with van der Waals surface area (Å²) in [7, 11) is 0. The Kier molecular flexibility index (Phi) is 6.24. The summed E-state index contributed by atoms with van der Waals surface area (Å²) < 4.78 is 42.6. The van der Waals surface area contributed by atoms with Gasteiger partial charge in [-0.2, -0.15) is 13.2 Å². The molecule has 23 heavy (non-hydrogen) atoms. The normalized spacial score (nSPS) is 13.6. The van der Waals surface area contributed by atoms with Crippen molar-refractivity contribution in [2.24, 2.45) is 11.1 Å². The maximum absolute atomic E-state index is 12.5. The van der Waals surface area contributed by atoms with Gasteiger partial charge in [-0.15, -0.1) is 0 Å². The fourth-order valence-electron chi connectivity index (χ4n) is 1.51. The van der Waals surface area contributed by atoms with Crippen LogP contribution < -0.4 is 15.8 Å². The van der Waals surface area contributed by atoms with Crippen molar-refractivity contribution < 1.29 is 22.7 Å². The molecule has 0 aliphatic heterocycles. The highest BCUT2D eigenvalue weighted by Crippen LogP contribution is 2.32. The number of nitrogens with two attached hydrogens (primary N) is 1. The molecule has 9 heteroatoms. The Balaban J connectivity index is 2.50. The Morgan fingerprint density at radius 2 is 2.04 bits per heavy atom. The summed E-state index contributed by atoms with van der Waals surface area (Å²) in [5.41, 5.74) is 4.43. The van der Waals surface area contributed by atoms with E-state index in [9.17, 15) is 18.0 Å². The summed E-state index contributed by atoms with van der Waals surface area (Å²) in [6.07, 6.45) is -3.89. The Labute approximate surface area is 137 Å². The average Bonchev–Trinajstić information content (AvgIpc) is 2.41. The molecule has 0 unspecified atom stereocenters. The Morgan fingerprint density at radius 3 is 2.52 bits per heavy atom. The molecule has 0 aliphatic carbocycles. The van der Waals surface area contributed by atoms with Crippen LogP contribution in [-0.2, 0) is 11.0 Å². The first-order chi connectivity index (χ1) is 10.4. The van der Waals surface area contributed by atoms with Gasteiger partial charge in [0.2, 0.25) is 11.8 Å². The van der Waals surface area contributed by atoms with Gasteiger partial charge in [-0.3, -0.25) is 4.79 Å². The van der Waals surface area contributed by atoms with Crippen LogP contribution in [0, 0.1) is 5.41 Å². The molecule has 0 aromatic carbocycles. The summed E-state index contributed by atoms with van der Waals surface area (Å²) in [4.78, 5) is 15.3. The summed E-state index contributed by atoms with van der Waals surface area (Å²) in [5, 5.41) is 2.32. The number of nitrogens with zero attached hydrogens (tertiary/aromatic N) is 1. The average molecular weight is 354 g/mol. The minimum Gasteiger partial charge on any atom is -0.475 e. The van der Waals surface area contributed by atoms with Crippen LogP contribution in [-0.4, -0.2) is 30.1 Å². The highest BCUT2D eigenvalue weighted by molar-refractivity contribution is 6.31. The van der Waals surface area contributed by atoms with E-state index < -0.39 is 17.8 Å². The lowest BCUT2D eigenvalue weighted by Gasteiger charge is -2.25.